The Labute approximate surface area is 191 Å². The first-order chi connectivity index (χ1) is 14.4. The summed E-state index contributed by atoms with van der Waals surface area (Å²) < 4.78 is 1.18. The van der Waals surface area contributed by atoms with Crippen molar-refractivity contribution >= 4 is 45.9 Å². The lowest BCUT2D eigenvalue weighted by molar-refractivity contribution is -0.112. The Balaban J connectivity index is 1.88. The van der Waals surface area contributed by atoms with E-state index in [1.165, 1.54) is 3.57 Å². The summed E-state index contributed by atoms with van der Waals surface area (Å²) in [4.78, 5) is 33.8. The Morgan fingerprint density at radius 1 is 1.33 bits per heavy atom. The van der Waals surface area contributed by atoms with Gasteiger partial charge in [0.05, 0.1) is 5.69 Å². The van der Waals surface area contributed by atoms with E-state index in [4.69, 9.17) is 0 Å². The van der Waals surface area contributed by atoms with E-state index < -0.39 is 0 Å². The number of hydrogen-bond donors (Lipinski definition) is 0. The van der Waals surface area contributed by atoms with Crippen LogP contribution in [0.4, 0.5) is 11.5 Å². The molecule has 2 aromatic rings. The molecule has 30 heavy (non-hydrogen) atoms. The molecule has 0 radical (unpaired) electrons. The zero-order valence-electron chi connectivity index (χ0n) is 17.5. The van der Waals surface area contributed by atoms with E-state index in [0.717, 1.165) is 41.6 Å². The molecule has 1 aromatic heterocycles. The first kappa shape index (κ1) is 20.9. The highest BCUT2D eigenvalue weighted by atomic mass is 127. The number of anilines is 2. The largest absolute Gasteiger partial charge is 0.340 e. The Morgan fingerprint density at radius 2 is 2.10 bits per heavy atom. The van der Waals surface area contributed by atoms with Crippen molar-refractivity contribution in [3.05, 3.63) is 50.2 Å². The third-order valence-corrected chi connectivity index (χ3v) is 6.76. The summed E-state index contributed by atoms with van der Waals surface area (Å²) in [5.41, 5.74) is 4.44. The van der Waals surface area contributed by atoms with Crippen LogP contribution in [0.25, 0.3) is 0 Å². The van der Waals surface area contributed by atoms with Gasteiger partial charge in [0.25, 0.3) is 5.91 Å². The zero-order valence-corrected chi connectivity index (χ0v) is 19.6. The number of pyridine rings is 1. The van der Waals surface area contributed by atoms with Crippen LogP contribution in [0.2, 0.25) is 0 Å². The van der Waals surface area contributed by atoms with E-state index in [-0.39, 0.29) is 11.8 Å². The number of aromatic nitrogens is 1. The Bertz CT molecular complexity index is 1100. The van der Waals surface area contributed by atoms with Crippen LogP contribution < -0.4 is 4.90 Å². The molecule has 0 saturated heterocycles. The van der Waals surface area contributed by atoms with Crippen LogP contribution in [-0.2, 0) is 11.2 Å². The highest BCUT2D eigenvalue weighted by molar-refractivity contribution is 14.1. The van der Waals surface area contributed by atoms with E-state index in [1.54, 1.807) is 16.8 Å². The lowest BCUT2D eigenvalue weighted by Crippen LogP contribution is -2.36. The second-order valence-corrected chi connectivity index (χ2v) is 9.05. The van der Waals surface area contributed by atoms with Gasteiger partial charge in [0.2, 0.25) is 0 Å². The molecule has 1 fully saturated rings. The number of aryl methyl sites for hydroxylation is 1. The van der Waals surface area contributed by atoms with Crippen molar-refractivity contribution in [2.24, 2.45) is 0 Å². The predicted molar refractivity (Wildman–Crippen MR) is 126 cm³/mol. The van der Waals surface area contributed by atoms with Gasteiger partial charge in [0.15, 0.2) is 0 Å². The fraction of sp³-hybridized carbons (Fsp3) is 0.375. The predicted octanol–water partition coefficient (Wildman–Crippen LogP) is 4.58. The minimum absolute atomic E-state index is 0.105. The van der Waals surface area contributed by atoms with Crippen molar-refractivity contribution in [3.63, 3.8) is 0 Å². The van der Waals surface area contributed by atoms with Gasteiger partial charge in [-0.1, -0.05) is 18.9 Å². The van der Waals surface area contributed by atoms with Crippen molar-refractivity contribution in [1.29, 1.82) is 0 Å². The van der Waals surface area contributed by atoms with Crippen molar-refractivity contribution < 1.29 is 9.59 Å². The molecule has 6 heteroatoms. The number of halogens is 1. The maximum absolute atomic E-state index is 13.2. The molecule has 2 heterocycles. The van der Waals surface area contributed by atoms with E-state index in [9.17, 15) is 9.59 Å². The van der Waals surface area contributed by atoms with Crippen molar-refractivity contribution in [2.45, 2.75) is 45.4 Å². The molecule has 4 rings (SSSR count). The van der Waals surface area contributed by atoms with E-state index in [1.807, 2.05) is 26.0 Å². The number of carbonyl (C=O) groups excluding carboxylic acids is 2. The fourth-order valence-corrected chi connectivity index (χ4v) is 4.20. The summed E-state index contributed by atoms with van der Waals surface area (Å²) >= 11 is 2.34. The summed E-state index contributed by atoms with van der Waals surface area (Å²) in [5, 5.41) is 0. The smallest absolute Gasteiger partial charge is 0.308 e. The molecule has 0 N–H and O–H groups in total. The maximum Gasteiger partial charge on any atom is 0.308 e. The Kier molecular flexibility index (Phi) is 5.83. The molecule has 154 valence electrons. The average molecular weight is 513 g/mol. The molecule has 0 spiro atoms. The monoisotopic (exact) mass is 513 g/mol. The molecule has 1 saturated carbocycles. The van der Waals surface area contributed by atoms with Gasteiger partial charge in [-0.15, -0.1) is 0 Å². The zero-order chi connectivity index (χ0) is 21.4. The summed E-state index contributed by atoms with van der Waals surface area (Å²) in [6.45, 7) is 4.64. The molecule has 0 bridgehead atoms. The van der Waals surface area contributed by atoms with Gasteiger partial charge < -0.3 is 4.90 Å². The van der Waals surface area contributed by atoms with Gasteiger partial charge in [0, 0.05) is 23.6 Å². The van der Waals surface area contributed by atoms with Gasteiger partial charge in [-0.05, 0) is 95.5 Å². The van der Waals surface area contributed by atoms with Gasteiger partial charge in [-0.3, -0.25) is 14.5 Å². The van der Waals surface area contributed by atoms with Crippen LogP contribution in [0, 0.1) is 22.3 Å². The molecule has 1 aliphatic heterocycles. The minimum Gasteiger partial charge on any atom is -0.340 e. The summed E-state index contributed by atoms with van der Waals surface area (Å²) in [7, 11) is 1.78. The van der Waals surface area contributed by atoms with Crippen molar-refractivity contribution in [3.8, 4) is 11.8 Å². The second kappa shape index (κ2) is 8.38. The molecular formula is C24H24IN3O2. The van der Waals surface area contributed by atoms with E-state index in [2.05, 4.69) is 51.5 Å². The number of benzene rings is 1. The number of amides is 2. The molecule has 2 amide bonds. The average Bonchev–Trinajstić information content (AvgIpc) is 3.57. The molecule has 0 atom stereocenters. The summed E-state index contributed by atoms with van der Waals surface area (Å²) in [6.07, 6.45) is 3.61. The molecule has 1 aromatic carbocycles. The summed E-state index contributed by atoms with van der Waals surface area (Å²) in [5.74, 6) is 6.13. The molecule has 5 nitrogen and oxygen atoms in total. The SMILES string of the molecule is CCC#CC(=O)N(c1ccc2c(n1)C(=O)N(C)CC2)c1cc(C)c(I)cc1C1CC1. The number of carbonyl (C=O) groups is 2. The highest BCUT2D eigenvalue weighted by Gasteiger charge is 2.32. The summed E-state index contributed by atoms with van der Waals surface area (Å²) in [6, 6.07) is 7.99. The number of rotatable bonds is 3. The second-order valence-electron chi connectivity index (χ2n) is 7.88. The number of likely N-dealkylation sites (N-methyl/N-ethyl adjacent to an activating group) is 1. The fourth-order valence-electron chi connectivity index (χ4n) is 3.71. The first-order valence-corrected chi connectivity index (χ1v) is 11.4. The molecular weight excluding hydrogens is 489 g/mol. The van der Waals surface area contributed by atoms with Crippen LogP contribution in [0.1, 0.15) is 59.3 Å². The molecule has 0 unspecified atom stereocenters. The van der Waals surface area contributed by atoms with Crippen LogP contribution in [0.15, 0.2) is 24.3 Å². The van der Waals surface area contributed by atoms with Crippen molar-refractivity contribution in [1.82, 2.24) is 9.88 Å². The van der Waals surface area contributed by atoms with E-state index in [0.29, 0.717) is 30.4 Å². The van der Waals surface area contributed by atoms with Crippen molar-refractivity contribution in [2.75, 3.05) is 18.5 Å². The Hall–Kier alpha value is -2.40. The minimum atomic E-state index is -0.316. The highest BCUT2D eigenvalue weighted by Crippen LogP contribution is 2.46. The van der Waals surface area contributed by atoms with Gasteiger partial charge in [0.1, 0.15) is 11.5 Å². The maximum atomic E-state index is 13.2. The van der Waals surface area contributed by atoms with Crippen LogP contribution >= 0.6 is 22.6 Å². The topological polar surface area (TPSA) is 53.5 Å². The standard InChI is InChI=1S/C24H24IN3O2/c1-4-5-6-22(29)28(20-13-15(2)19(25)14-18(20)16-7-8-16)21-10-9-17-11-12-27(3)24(30)23(17)26-21/h9-10,13-14,16H,4,7-8,11-12H2,1-3H3. The number of nitrogens with zero attached hydrogens (tertiary/aromatic N) is 3. The number of hydrogen-bond acceptors (Lipinski definition) is 3. The van der Waals surface area contributed by atoms with Gasteiger partial charge in [-0.2, -0.15) is 0 Å². The van der Waals surface area contributed by atoms with E-state index >= 15 is 0 Å². The van der Waals surface area contributed by atoms with Gasteiger partial charge >= 0.3 is 5.91 Å². The molecule has 1 aliphatic carbocycles. The number of fused-ring (bicyclic) bond motifs is 1. The Morgan fingerprint density at radius 3 is 2.80 bits per heavy atom. The lowest BCUT2D eigenvalue weighted by Gasteiger charge is -2.27. The quantitative estimate of drug-likeness (QED) is 0.446. The third-order valence-electron chi connectivity index (χ3n) is 5.60. The third kappa shape index (κ3) is 3.95. The molecule has 2 aliphatic rings. The van der Waals surface area contributed by atoms with Crippen LogP contribution in [0.3, 0.4) is 0 Å². The van der Waals surface area contributed by atoms with Crippen LogP contribution in [-0.4, -0.2) is 35.3 Å². The lowest BCUT2D eigenvalue weighted by atomic mass is 10.0. The normalized spacial score (nSPS) is 15.3. The van der Waals surface area contributed by atoms with Crippen LogP contribution in [0.5, 0.6) is 0 Å². The van der Waals surface area contributed by atoms with Gasteiger partial charge in [-0.25, -0.2) is 4.98 Å². The first-order valence-electron chi connectivity index (χ1n) is 10.3.